The molecule has 1 aliphatic heterocycles. The molecule has 100 valence electrons. The van der Waals surface area contributed by atoms with Gasteiger partial charge in [0.15, 0.2) is 11.6 Å². The molecule has 0 spiro atoms. The number of aromatic nitrogens is 1. The number of alkyl halides is 3. The molecule has 0 saturated carbocycles. The Bertz CT molecular complexity index is 436. The molecule has 1 unspecified atom stereocenters. The van der Waals surface area contributed by atoms with Crippen LogP contribution in [-0.4, -0.2) is 24.2 Å². The van der Waals surface area contributed by atoms with E-state index in [0.29, 0.717) is 17.4 Å². The van der Waals surface area contributed by atoms with Gasteiger partial charge in [0, 0.05) is 23.8 Å². The quantitative estimate of drug-likeness (QED) is 0.730. The Kier molecular flexibility index (Phi) is 3.79. The van der Waals surface area contributed by atoms with Crippen LogP contribution in [0.4, 0.5) is 23.4 Å². The van der Waals surface area contributed by atoms with E-state index in [1.165, 1.54) is 17.2 Å². The molecule has 2 rings (SSSR count). The van der Waals surface area contributed by atoms with E-state index >= 15 is 0 Å². The second-order valence-corrected chi connectivity index (χ2v) is 5.20. The van der Waals surface area contributed by atoms with Crippen molar-refractivity contribution in [3.8, 4) is 0 Å². The van der Waals surface area contributed by atoms with Gasteiger partial charge in [0.1, 0.15) is 0 Å². The minimum atomic E-state index is -4.23. The zero-order chi connectivity index (χ0) is 13.3. The first-order valence-corrected chi connectivity index (χ1v) is 6.30. The van der Waals surface area contributed by atoms with Crippen molar-refractivity contribution in [2.24, 2.45) is 5.92 Å². The highest BCUT2D eigenvalue weighted by molar-refractivity contribution is 9.10. The van der Waals surface area contributed by atoms with Crippen LogP contribution in [-0.2, 0) is 0 Å². The topological polar surface area (TPSA) is 16.1 Å². The van der Waals surface area contributed by atoms with Crippen molar-refractivity contribution in [1.82, 2.24) is 4.98 Å². The minimum Gasteiger partial charge on any atom is -0.354 e. The van der Waals surface area contributed by atoms with Crippen molar-refractivity contribution in [2.75, 3.05) is 18.0 Å². The summed E-state index contributed by atoms with van der Waals surface area (Å²) in [6.45, 7) is 0.174. The summed E-state index contributed by atoms with van der Waals surface area (Å²) in [5.41, 5.74) is 0. The van der Waals surface area contributed by atoms with Gasteiger partial charge < -0.3 is 4.90 Å². The van der Waals surface area contributed by atoms with Gasteiger partial charge in [-0.15, -0.1) is 0 Å². The van der Waals surface area contributed by atoms with Crippen LogP contribution in [0.2, 0.25) is 0 Å². The van der Waals surface area contributed by atoms with Gasteiger partial charge in [-0.1, -0.05) is 0 Å². The van der Waals surface area contributed by atoms with Crippen molar-refractivity contribution < 1.29 is 17.6 Å². The maximum atomic E-state index is 13.6. The second kappa shape index (κ2) is 5.03. The average Bonchev–Trinajstić information content (AvgIpc) is 2.28. The third kappa shape index (κ3) is 2.93. The summed E-state index contributed by atoms with van der Waals surface area (Å²) in [5, 5.41) is 0. The molecule has 1 atom stereocenters. The lowest BCUT2D eigenvalue weighted by Crippen LogP contribution is -2.42. The van der Waals surface area contributed by atoms with Crippen molar-refractivity contribution in [2.45, 2.75) is 19.0 Å². The summed E-state index contributed by atoms with van der Waals surface area (Å²) in [5.74, 6) is -2.02. The monoisotopic (exact) mass is 326 g/mol. The van der Waals surface area contributed by atoms with Gasteiger partial charge in [-0.05, 0) is 34.8 Å². The molecule has 0 bridgehead atoms. The van der Waals surface area contributed by atoms with E-state index < -0.39 is 17.9 Å². The van der Waals surface area contributed by atoms with E-state index in [2.05, 4.69) is 20.9 Å². The van der Waals surface area contributed by atoms with Gasteiger partial charge in [-0.2, -0.15) is 13.2 Å². The maximum absolute atomic E-state index is 13.6. The SMILES string of the molecule is Fc1cc(Br)cnc1N1CCCC(C(F)(F)F)C1. The Balaban J connectivity index is 2.18. The van der Waals surface area contributed by atoms with Crippen molar-refractivity contribution >= 4 is 21.7 Å². The highest BCUT2D eigenvalue weighted by Crippen LogP contribution is 2.35. The molecular weight excluding hydrogens is 316 g/mol. The average molecular weight is 327 g/mol. The van der Waals surface area contributed by atoms with Crippen molar-refractivity contribution in [3.05, 3.63) is 22.6 Å². The smallest absolute Gasteiger partial charge is 0.354 e. The number of halogens is 5. The molecule has 0 aromatic carbocycles. The molecule has 1 aliphatic rings. The normalized spacial score (nSPS) is 21.2. The molecule has 0 amide bonds. The van der Waals surface area contributed by atoms with Gasteiger partial charge in [0.2, 0.25) is 0 Å². The summed E-state index contributed by atoms with van der Waals surface area (Å²) in [7, 11) is 0. The number of piperidine rings is 1. The molecule has 2 nitrogen and oxygen atoms in total. The largest absolute Gasteiger partial charge is 0.393 e. The number of nitrogens with zero attached hydrogens (tertiary/aromatic N) is 2. The maximum Gasteiger partial charge on any atom is 0.393 e. The van der Waals surface area contributed by atoms with Crippen LogP contribution in [0.25, 0.3) is 0 Å². The van der Waals surface area contributed by atoms with Crippen LogP contribution in [0, 0.1) is 11.7 Å². The van der Waals surface area contributed by atoms with Crippen LogP contribution in [0.1, 0.15) is 12.8 Å². The molecule has 1 fully saturated rings. The van der Waals surface area contributed by atoms with E-state index in [4.69, 9.17) is 0 Å². The minimum absolute atomic E-state index is 0.00727. The predicted octanol–water partition coefficient (Wildman–Crippen LogP) is 3.76. The highest BCUT2D eigenvalue weighted by atomic mass is 79.9. The van der Waals surface area contributed by atoms with Gasteiger partial charge in [0.25, 0.3) is 0 Å². The third-order valence-electron chi connectivity index (χ3n) is 2.97. The molecule has 1 aromatic rings. The third-order valence-corrected chi connectivity index (χ3v) is 3.41. The first kappa shape index (κ1) is 13.6. The summed E-state index contributed by atoms with van der Waals surface area (Å²) in [4.78, 5) is 5.22. The standard InChI is InChI=1S/C11H11BrF4N2/c12-8-4-9(13)10(17-5-8)18-3-1-2-7(6-18)11(14,15)16/h4-5,7H,1-3,6H2. The lowest BCUT2D eigenvalue weighted by Gasteiger charge is -2.34. The van der Waals surface area contributed by atoms with Gasteiger partial charge >= 0.3 is 6.18 Å². The Morgan fingerprint density at radius 1 is 1.39 bits per heavy atom. The van der Waals surface area contributed by atoms with E-state index in [-0.39, 0.29) is 18.8 Å². The molecule has 18 heavy (non-hydrogen) atoms. The molecule has 1 aromatic heterocycles. The first-order valence-electron chi connectivity index (χ1n) is 5.50. The fourth-order valence-electron chi connectivity index (χ4n) is 2.08. The molecule has 0 N–H and O–H groups in total. The van der Waals surface area contributed by atoms with Crippen LogP contribution in [0.3, 0.4) is 0 Å². The Labute approximate surface area is 110 Å². The van der Waals surface area contributed by atoms with E-state index in [1.54, 1.807) is 0 Å². The van der Waals surface area contributed by atoms with Gasteiger partial charge in [-0.25, -0.2) is 9.37 Å². The summed E-state index contributed by atoms with van der Waals surface area (Å²) < 4.78 is 52.0. The molecule has 7 heteroatoms. The van der Waals surface area contributed by atoms with Crippen molar-refractivity contribution in [1.29, 1.82) is 0 Å². The van der Waals surface area contributed by atoms with Crippen LogP contribution in [0.5, 0.6) is 0 Å². The fourth-order valence-corrected chi connectivity index (χ4v) is 2.38. The molecular formula is C11H11BrF4N2. The molecule has 0 radical (unpaired) electrons. The van der Waals surface area contributed by atoms with E-state index in [9.17, 15) is 17.6 Å². The van der Waals surface area contributed by atoms with Crippen LogP contribution >= 0.6 is 15.9 Å². The lowest BCUT2D eigenvalue weighted by atomic mass is 9.97. The number of rotatable bonds is 1. The molecule has 2 heterocycles. The Morgan fingerprint density at radius 3 is 2.72 bits per heavy atom. The number of anilines is 1. The Morgan fingerprint density at radius 2 is 2.11 bits per heavy atom. The second-order valence-electron chi connectivity index (χ2n) is 4.29. The zero-order valence-corrected chi connectivity index (χ0v) is 10.9. The lowest BCUT2D eigenvalue weighted by molar-refractivity contribution is -0.176. The number of pyridine rings is 1. The predicted molar refractivity (Wildman–Crippen MR) is 62.9 cm³/mol. The van der Waals surface area contributed by atoms with Crippen LogP contribution in [0.15, 0.2) is 16.7 Å². The Hall–Kier alpha value is -0.850. The summed E-state index contributed by atoms with van der Waals surface area (Å²) in [6.07, 6.45) is -2.36. The van der Waals surface area contributed by atoms with E-state index in [1.807, 2.05) is 0 Å². The van der Waals surface area contributed by atoms with Crippen LogP contribution < -0.4 is 4.90 Å². The fraction of sp³-hybridized carbons (Fsp3) is 0.545. The van der Waals surface area contributed by atoms with E-state index in [0.717, 1.165) is 0 Å². The first-order chi connectivity index (χ1) is 8.38. The highest BCUT2D eigenvalue weighted by Gasteiger charge is 2.42. The van der Waals surface area contributed by atoms with Gasteiger partial charge in [0.05, 0.1) is 5.92 Å². The summed E-state index contributed by atoms with van der Waals surface area (Å²) in [6, 6.07) is 1.21. The number of hydrogen-bond donors (Lipinski definition) is 0. The molecule has 0 aliphatic carbocycles. The molecule has 1 saturated heterocycles. The van der Waals surface area contributed by atoms with Gasteiger partial charge in [-0.3, -0.25) is 0 Å². The number of hydrogen-bond acceptors (Lipinski definition) is 2. The van der Waals surface area contributed by atoms with Crippen molar-refractivity contribution in [3.63, 3.8) is 0 Å². The zero-order valence-electron chi connectivity index (χ0n) is 9.34. The summed E-state index contributed by atoms with van der Waals surface area (Å²) >= 11 is 3.06.